The number of amidine groups is 1. The van der Waals surface area contributed by atoms with Crippen LogP contribution >= 0.6 is 0 Å². The van der Waals surface area contributed by atoms with Gasteiger partial charge in [0.1, 0.15) is 5.66 Å². The molecule has 1 aromatic carbocycles. The van der Waals surface area contributed by atoms with Gasteiger partial charge in [0.05, 0.1) is 12.6 Å². The summed E-state index contributed by atoms with van der Waals surface area (Å²) in [6, 6.07) is 7.49. The van der Waals surface area contributed by atoms with Crippen LogP contribution in [0.2, 0.25) is 0 Å². The lowest BCUT2D eigenvalue weighted by Gasteiger charge is -2.47. The average Bonchev–Trinajstić information content (AvgIpc) is 3.71. The predicted octanol–water partition coefficient (Wildman–Crippen LogP) is 4.33. The van der Waals surface area contributed by atoms with Gasteiger partial charge in [-0.05, 0) is 86.3 Å². The van der Waals surface area contributed by atoms with Gasteiger partial charge < -0.3 is 20.0 Å². The third kappa shape index (κ3) is 7.21. The van der Waals surface area contributed by atoms with Gasteiger partial charge in [0.15, 0.2) is 11.7 Å². The van der Waals surface area contributed by atoms with Crippen molar-refractivity contribution in [2.75, 3.05) is 26.2 Å². The lowest BCUT2D eigenvalue weighted by Crippen LogP contribution is -2.54. The standard InChI is InChI=1S/C35H51N9O3/c1-23(2)6-13-28(24-7-9-25(10-8-24)31(45)36-22-29-38-40-41-39-29)44-33(47)30(37-35(44)16-14-27(15-17-35)34(3,4)5)42-18-20-43(21-19-42)32(46)26-11-12-26/h7-10,23,26-28H,6,11-22H2,1-5H3,(H,36,45)(H,38,39,40,41)/t27?,28-,35?/m1/s1. The van der Waals surface area contributed by atoms with Crippen LogP contribution in [-0.2, 0) is 16.1 Å². The summed E-state index contributed by atoms with van der Waals surface area (Å²) in [5.74, 6) is 2.25. The first kappa shape index (κ1) is 33.1. The summed E-state index contributed by atoms with van der Waals surface area (Å²) in [5.41, 5.74) is 1.14. The lowest BCUT2D eigenvalue weighted by atomic mass is 9.69. The number of hydrogen-bond acceptors (Lipinski definition) is 8. The number of carbonyl (C=O) groups is 3. The van der Waals surface area contributed by atoms with E-state index in [9.17, 15) is 14.4 Å². The number of piperazine rings is 1. The Balaban J connectivity index is 1.26. The van der Waals surface area contributed by atoms with E-state index in [4.69, 9.17) is 4.99 Å². The van der Waals surface area contributed by atoms with Gasteiger partial charge in [-0.25, -0.2) is 4.99 Å². The molecule has 1 saturated heterocycles. The van der Waals surface area contributed by atoms with E-state index in [0.717, 1.165) is 56.9 Å². The zero-order chi connectivity index (χ0) is 33.3. The van der Waals surface area contributed by atoms with Crippen LogP contribution in [0.25, 0.3) is 0 Å². The summed E-state index contributed by atoms with van der Waals surface area (Å²) in [4.78, 5) is 52.0. The molecule has 254 valence electrons. The number of tetrazole rings is 1. The molecule has 3 amide bonds. The van der Waals surface area contributed by atoms with E-state index < -0.39 is 5.66 Å². The quantitative estimate of drug-likeness (QED) is 0.414. The Morgan fingerprint density at radius 2 is 1.68 bits per heavy atom. The number of hydrogen-bond donors (Lipinski definition) is 2. The minimum Gasteiger partial charge on any atom is -0.349 e. The number of carbonyl (C=O) groups excluding carboxylic acids is 3. The molecule has 1 atom stereocenters. The Hall–Kier alpha value is -3.83. The molecule has 12 nitrogen and oxygen atoms in total. The predicted molar refractivity (Wildman–Crippen MR) is 178 cm³/mol. The zero-order valence-corrected chi connectivity index (χ0v) is 28.7. The molecule has 4 aliphatic rings. The molecule has 1 aromatic heterocycles. The highest BCUT2D eigenvalue weighted by atomic mass is 16.2. The van der Waals surface area contributed by atoms with E-state index >= 15 is 0 Å². The first-order valence-electron chi connectivity index (χ1n) is 17.5. The number of amides is 3. The van der Waals surface area contributed by atoms with Crippen molar-refractivity contribution in [3.63, 3.8) is 0 Å². The highest BCUT2D eigenvalue weighted by Gasteiger charge is 2.54. The Bertz CT molecular complexity index is 1440. The second-order valence-electron chi connectivity index (χ2n) is 15.4. The Morgan fingerprint density at radius 3 is 2.26 bits per heavy atom. The molecule has 2 aliphatic carbocycles. The largest absolute Gasteiger partial charge is 0.349 e. The number of benzene rings is 1. The maximum absolute atomic E-state index is 14.7. The summed E-state index contributed by atoms with van der Waals surface area (Å²) in [7, 11) is 0. The molecule has 2 saturated carbocycles. The van der Waals surface area contributed by atoms with Crippen molar-refractivity contribution in [1.29, 1.82) is 0 Å². The van der Waals surface area contributed by atoms with Gasteiger partial charge in [-0.1, -0.05) is 52.0 Å². The fourth-order valence-electron chi connectivity index (χ4n) is 7.57. The zero-order valence-electron chi connectivity index (χ0n) is 28.7. The lowest BCUT2D eigenvalue weighted by molar-refractivity contribution is -0.134. The van der Waals surface area contributed by atoms with Crippen LogP contribution in [0.5, 0.6) is 0 Å². The summed E-state index contributed by atoms with van der Waals surface area (Å²) >= 11 is 0. The van der Waals surface area contributed by atoms with E-state index in [1.54, 1.807) is 0 Å². The summed E-state index contributed by atoms with van der Waals surface area (Å²) in [6.45, 7) is 14.1. The third-order valence-electron chi connectivity index (χ3n) is 10.7. The number of aromatic nitrogens is 4. The minimum atomic E-state index is -0.600. The van der Waals surface area contributed by atoms with Crippen LogP contribution in [0.3, 0.4) is 0 Å². The molecule has 0 bridgehead atoms. The number of aliphatic imine (C=N–C) groups is 1. The maximum Gasteiger partial charge on any atom is 0.291 e. The highest BCUT2D eigenvalue weighted by molar-refractivity contribution is 6.39. The molecule has 1 spiro atoms. The summed E-state index contributed by atoms with van der Waals surface area (Å²) < 4.78 is 0. The number of H-pyrrole nitrogens is 1. The Labute approximate surface area is 278 Å². The van der Waals surface area contributed by atoms with Crippen molar-refractivity contribution in [2.24, 2.45) is 28.2 Å². The molecule has 6 rings (SSSR count). The van der Waals surface area contributed by atoms with Crippen molar-refractivity contribution < 1.29 is 14.4 Å². The number of nitrogens with zero attached hydrogens (tertiary/aromatic N) is 7. The molecule has 0 unspecified atom stereocenters. The molecule has 12 heteroatoms. The van der Waals surface area contributed by atoms with Crippen molar-refractivity contribution in [2.45, 2.75) is 104 Å². The van der Waals surface area contributed by atoms with Crippen LogP contribution in [0.15, 0.2) is 29.3 Å². The van der Waals surface area contributed by atoms with E-state index in [1.807, 2.05) is 29.2 Å². The van der Waals surface area contributed by atoms with Crippen molar-refractivity contribution in [3.8, 4) is 0 Å². The molecule has 3 fully saturated rings. The second kappa shape index (κ2) is 13.4. The first-order chi connectivity index (χ1) is 22.4. The maximum atomic E-state index is 14.7. The normalized spacial score (nSPS) is 24.2. The Kier molecular flexibility index (Phi) is 9.40. The topological polar surface area (TPSA) is 140 Å². The number of rotatable bonds is 9. The highest BCUT2D eigenvalue weighted by Crippen LogP contribution is 2.50. The van der Waals surface area contributed by atoms with E-state index in [-0.39, 0.29) is 41.6 Å². The van der Waals surface area contributed by atoms with Gasteiger partial charge in [0, 0.05) is 37.7 Å². The van der Waals surface area contributed by atoms with E-state index in [2.05, 4.69) is 70.4 Å². The van der Waals surface area contributed by atoms with Gasteiger partial charge in [-0.3, -0.25) is 14.4 Å². The molecule has 2 aromatic rings. The first-order valence-corrected chi connectivity index (χ1v) is 17.5. The Morgan fingerprint density at radius 1 is 1.00 bits per heavy atom. The van der Waals surface area contributed by atoms with Crippen molar-refractivity contribution >= 4 is 23.6 Å². The van der Waals surface area contributed by atoms with Crippen LogP contribution < -0.4 is 5.32 Å². The van der Waals surface area contributed by atoms with Gasteiger partial charge >= 0.3 is 0 Å². The summed E-state index contributed by atoms with van der Waals surface area (Å²) in [5, 5.41) is 16.6. The molecule has 2 aliphatic heterocycles. The second-order valence-corrected chi connectivity index (χ2v) is 15.4. The minimum absolute atomic E-state index is 0.00290. The van der Waals surface area contributed by atoms with Crippen LogP contribution in [0.1, 0.15) is 114 Å². The van der Waals surface area contributed by atoms with Crippen LogP contribution in [0.4, 0.5) is 0 Å². The van der Waals surface area contributed by atoms with E-state index in [0.29, 0.717) is 55.2 Å². The van der Waals surface area contributed by atoms with Crippen LogP contribution in [-0.4, -0.2) is 90.7 Å². The molecular weight excluding hydrogens is 594 g/mol. The number of aromatic amines is 1. The van der Waals surface area contributed by atoms with Crippen molar-refractivity contribution in [1.82, 2.24) is 40.6 Å². The molecule has 47 heavy (non-hydrogen) atoms. The van der Waals surface area contributed by atoms with Gasteiger partial charge in [-0.2, -0.15) is 5.21 Å². The SMILES string of the molecule is CC(C)CC[C@H](c1ccc(C(=O)NCc2nn[nH]n2)cc1)N1C(=O)C(N2CCN(C(=O)C3CC3)CC2)=NC12CCC(C(C)(C)C)CC2. The monoisotopic (exact) mass is 645 g/mol. The average molecular weight is 646 g/mol. The fraction of sp³-hybridized carbons (Fsp3) is 0.686. The summed E-state index contributed by atoms with van der Waals surface area (Å²) in [6.07, 6.45) is 7.47. The van der Waals surface area contributed by atoms with E-state index in [1.165, 1.54) is 0 Å². The molecule has 2 N–H and O–H groups in total. The van der Waals surface area contributed by atoms with Gasteiger partial charge in [0.2, 0.25) is 5.91 Å². The fourth-order valence-corrected chi connectivity index (χ4v) is 7.57. The van der Waals surface area contributed by atoms with Crippen LogP contribution in [0, 0.1) is 23.2 Å². The van der Waals surface area contributed by atoms with Crippen molar-refractivity contribution in [3.05, 3.63) is 41.2 Å². The molecule has 0 radical (unpaired) electrons. The van der Waals surface area contributed by atoms with Gasteiger partial charge in [-0.15, -0.1) is 10.2 Å². The number of nitrogens with one attached hydrogen (secondary N) is 2. The smallest absolute Gasteiger partial charge is 0.291 e. The molecule has 3 heterocycles. The van der Waals surface area contributed by atoms with Gasteiger partial charge in [0.25, 0.3) is 11.8 Å². The molecular formula is C35H51N9O3. The third-order valence-corrected chi connectivity index (χ3v) is 10.7.